The zero-order valence-electron chi connectivity index (χ0n) is 20.4. The second-order valence-corrected chi connectivity index (χ2v) is 9.88. The first-order valence-corrected chi connectivity index (χ1v) is 11.9. The molecule has 1 aromatic heterocycles. The summed E-state index contributed by atoms with van der Waals surface area (Å²) in [6.45, 7) is 10.3. The highest BCUT2D eigenvalue weighted by Gasteiger charge is 2.36. The minimum atomic E-state index is -0.613. The third-order valence-electron chi connectivity index (χ3n) is 7.15. The van der Waals surface area contributed by atoms with Crippen molar-refractivity contribution in [2.24, 2.45) is 0 Å². The zero-order chi connectivity index (χ0) is 23.8. The molecule has 2 amide bonds. The van der Waals surface area contributed by atoms with Gasteiger partial charge in [0, 0.05) is 45.1 Å². The summed E-state index contributed by atoms with van der Waals surface area (Å²) >= 11 is 0. The van der Waals surface area contributed by atoms with Crippen LogP contribution in [0.4, 0.5) is 5.82 Å². The number of hydrogen-bond acceptors (Lipinski definition) is 5. The van der Waals surface area contributed by atoms with E-state index in [-0.39, 0.29) is 17.7 Å². The third kappa shape index (κ3) is 4.59. The molecule has 1 aromatic carbocycles. The van der Waals surface area contributed by atoms with Gasteiger partial charge in [-0.1, -0.05) is 29.8 Å². The smallest absolute Gasteiger partial charge is 0.233 e. The molecule has 0 bridgehead atoms. The Labute approximate surface area is 196 Å². The number of hydrogen-bond donors (Lipinski definition) is 1. The molecule has 1 fully saturated rings. The van der Waals surface area contributed by atoms with Gasteiger partial charge in [-0.2, -0.15) is 0 Å². The number of benzene rings is 1. The number of nitrogens with zero attached hydrogens (tertiary/aromatic N) is 4. The van der Waals surface area contributed by atoms with E-state index in [1.165, 1.54) is 5.56 Å². The minimum Gasteiger partial charge on any atom is -0.373 e. The molecule has 1 atom stereocenters. The molecule has 2 aromatic rings. The molecule has 7 nitrogen and oxygen atoms in total. The standard InChI is InChI=1S/C26H35N5O2/c1-17-8-10-20(11-9-17)26(3,4)25(33)31-14-12-21-22(16-31)28-23(29-24(21)27-5)19-7-6-13-30(15-19)18(2)32/h8-11,19H,6-7,12-16H2,1-5H3,(H,27,28,29). The van der Waals surface area contributed by atoms with Gasteiger partial charge in [-0.3, -0.25) is 9.59 Å². The Morgan fingerprint density at radius 2 is 1.82 bits per heavy atom. The molecule has 2 aliphatic heterocycles. The van der Waals surface area contributed by atoms with Crippen molar-refractivity contribution in [1.29, 1.82) is 0 Å². The topological polar surface area (TPSA) is 78.4 Å². The molecule has 176 valence electrons. The van der Waals surface area contributed by atoms with Crippen LogP contribution in [0.5, 0.6) is 0 Å². The minimum absolute atomic E-state index is 0.0987. The molecule has 7 heteroatoms. The molecule has 0 radical (unpaired) electrons. The Hall–Kier alpha value is -2.96. The van der Waals surface area contributed by atoms with E-state index in [1.807, 2.05) is 42.8 Å². The molecule has 4 rings (SSSR count). The highest BCUT2D eigenvalue weighted by Crippen LogP contribution is 2.32. The van der Waals surface area contributed by atoms with E-state index in [1.54, 1.807) is 6.92 Å². The number of aromatic nitrogens is 2. The second kappa shape index (κ2) is 9.12. The quantitative estimate of drug-likeness (QED) is 0.774. The maximum atomic E-state index is 13.6. The molecule has 1 saturated heterocycles. The summed E-state index contributed by atoms with van der Waals surface area (Å²) in [5.74, 6) is 1.95. The van der Waals surface area contributed by atoms with Crippen LogP contribution >= 0.6 is 0 Å². The number of piperidine rings is 1. The van der Waals surface area contributed by atoms with Crippen LogP contribution in [0.2, 0.25) is 0 Å². The molecule has 0 aliphatic carbocycles. The largest absolute Gasteiger partial charge is 0.373 e. The summed E-state index contributed by atoms with van der Waals surface area (Å²) in [6, 6.07) is 8.22. The van der Waals surface area contributed by atoms with Gasteiger partial charge in [0.25, 0.3) is 0 Å². The lowest BCUT2D eigenvalue weighted by Gasteiger charge is -2.36. The van der Waals surface area contributed by atoms with Gasteiger partial charge < -0.3 is 15.1 Å². The van der Waals surface area contributed by atoms with Crippen LogP contribution in [0.25, 0.3) is 0 Å². The molecule has 1 unspecified atom stereocenters. The van der Waals surface area contributed by atoms with Crippen molar-refractivity contribution >= 4 is 17.6 Å². The lowest BCUT2D eigenvalue weighted by atomic mass is 9.82. The summed E-state index contributed by atoms with van der Waals surface area (Å²) in [5, 5.41) is 3.24. The summed E-state index contributed by atoms with van der Waals surface area (Å²) in [6.07, 6.45) is 2.65. The van der Waals surface area contributed by atoms with E-state index in [0.29, 0.717) is 19.6 Å². The van der Waals surface area contributed by atoms with Crippen molar-refractivity contribution in [2.75, 3.05) is 32.0 Å². The summed E-state index contributed by atoms with van der Waals surface area (Å²) < 4.78 is 0. The van der Waals surface area contributed by atoms with Gasteiger partial charge in [-0.15, -0.1) is 0 Å². The van der Waals surface area contributed by atoms with Gasteiger partial charge in [-0.25, -0.2) is 9.97 Å². The SMILES string of the molecule is CNc1nc(C2CCCN(C(C)=O)C2)nc2c1CCN(C(=O)C(C)(C)c1ccc(C)cc1)C2. The fourth-order valence-electron chi connectivity index (χ4n) is 4.98. The van der Waals surface area contributed by atoms with E-state index in [4.69, 9.17) is 9.97 Å². The summed E-state index contributed by atoms with van der Waals surface area (Å²) in [4.78, 5) is 39.1. The number of fused-ring (bicyclic) bond motifs is 1. The van der Waals surface area contributed by atoms with E-state index in [0.717, 1.165) is 54.3 Å². The highest BCUT2D eigenvalue weighted by atomic mass is 16.2. The van der Waals surface area contributed by atoms with Crippen molar-refractivity contribution in [3.63, 3.8) is 0 Å². The van der Waals surface area contributed by atoms with Gasteiger partial charge in [0.05, 0.1) is 17.7 Å². The molecular formula is C26H35N5O2. The number of anilines is 1. The van der Waals surface area contributed by atoms with Crippen molar-refractivity contribution in [3.05, 3.63) is 52.5 Å². The number of amides is 2. The number of likely N-dealkylation sites (tertiary alicyclic amines) is 1. The van der Waals surface area contributed by atoms with Gasteiger partial charge in [0.2, 0.25) is 11.8 Å². The van der Waals surface area contributed by atoms with Crippen LogP contribution in [0.1, 0.15) is 67.7 Å². The molecule has 33 heavy (non-hydrogen) atoms. The Morgan fingerprint density at radius 1 is 1.09 bits per heavy atom. The fraction of sp³-hybridized carbons (Fsp3) is 0.538. The monoisotopic (exact) mass is 449 g/mol. The third-order valence-corrected chi connectivity index (χ3v) is 7.15. The maximum Gasteiger partial charge on any atom is 0.233 e. The van der Waals surface area contributed by atoms with Crippen molar-refractivity contribution in [3.8, 4) is 0 Å². The molecular weight excluding hydrogens is 414 g/mol. The number of nitrogens with one attached hydrogen (secondary N) is 1. The first-order valence-electron chi connectivity index (χ1n) is 11.9. The summed E-state index contributed by atoms with van der Waals surface area (Å²) in [7, 11) is 1.88. The lowest BCUT2D eigenvalue weighted by molar-refractivity contribution is -0.137. The Bertz CT molecular complexity index is 1050. The van der Waals surface area contributed by atoms with Crippen molar-refractivity contribution in [1.82, 2.24) is 19.8 Å². The maximum absolute atomic E-state index is 13.6. The molecule has 3 heterocycles. The highest BCUT2D eigenvalue weighted by molar-refractivity contribution is 5.87. The summed E-state index contributed by atoms with van der Waals surface area (Å²) in [5.41, 5.74) is 3.61. The number of carbonyl (C=O) groups excluding carboxylic acids is 2. The Kier molecular flexibility index (Phi) is 6.41. The normalized spacial score (nSPS) is 18.6. The first kappa shape index (κ1) is 23.2. The number of aryl methyl sites for hydroxylation is 1. The van der Waals surface area contributed by atoms with Crippen LogP contribution in [0.3, 0.4) is 0 Å². The molecule has 1 N–H and O–H groups in total. The number of carbonyl (C=O) groups is 2. The predicted molar refractivity (Wildman–Crippen MR) is 129 cm³/mol. The lowest BCUT2D eigenvalue weighted by Crippen LogP contribution is -2.46. The van der Waals surface area contributed by atoms with Gasteiger partial charge in [0.15, 0.2) is 0 Å². The Morgan fingerprint density at radius 3 is 2.48 bits per heavy atom. The van der Waals surface area contributed by atoms with Crippen LogP contribution in [-0.2, 0) is 28.0 Å². The van der Waals surface area contributed by atoms with Crippen molar-refractivity contribution < 1.29 is 9.59 Å². The van der Waals surface area contributed by atoms with Gasteiger partial charge in [0.1, 0.15) is 11.6 Å². The van der Waals surface area contributed by atoms with Crippen molar-refractivity contribution in [2.45, 2.75) is 64.8 Å². The molecule has 0 spiro atoms. The van der Waals surface area contributed by atoms with Crippen LogP contribution in [-0.4, -0.2) is 58.3 Å². The molecule has 0 saturated carbocycles. The van der Waals surface area contributed by atoms with E-state index in [2.05, 4.69) is 24.4 Å². The average Bonchev–Trinajstić information content (AvgIpc) is 2.82. The van der Waals surface area contributed by atoms with Crippen LogP contribution in [0, 0.1) is 6.92 Å². The average molecular weight is 450 g/mol. The fourth-order valence-corrected chi connectivity index (χ4v) is 4.98. The van der Waals surface area contributed by atoms with E-state index >= 15 is 0 Å². The van der Waals surface area contributed by atoms with Crippen LogP contribution in [0.15, 0.2) is 24.3 Å². The zero-order valence-corrected chi connectivity index (χ0v) is 20.4. The second-order valence-electron chi connectivity index (χ2n) is 9.88. The van der Waals surface area contributed by atoms with Gasteiger partial charge >= 0.3 is 0 Å². The Balaban J connectivity index is 1.59. The first-order chi connectivity index (χ1) is 15.7. The van der Waals surface area contributed by atoms with E-state index < -0.39 is 5.41 Å². The predicted octanol–water partition coefficient (Wildman–Crippen LogP) is 3.42. The number of rotatable bonds is 4. The molecule has 2 aliphatic rings. The van der Waals surface area contributed by atoms with E-state index in [9.17, 15) is 9.59 Å². The van der Waals surface area contributed by atoms with Gasteiger partial charge in [-0.05, 0) is 45.6 Å². The van der Waals surface area contributed by atoms with Crippen LogP contribution < -0.4 is 5.32 Å².